The van der Waals surface area contributed by atoms with E-state index in [0.717, 1.165) is 73.6 Å². The number of para-hydroxylation sites is 1. The third-order valence-electron chi connectivity index (χ3n) is 6.65. The molecule has 1 aliphatic rings. The Bertz CT molecular complexity index is 1150. The average molecular weight is 554 g/mol. The van der Waals surface area contributed by atoms with Gasteiger partial charge in [0.2, 0.25) is 0 Å². The normalized spacial score (nSPS) is 15.9. The molecular formula is C31H43N3O4S. The number of hydrogen-bond donors (Lipinski definition) is 1. The quantitative estimate of drug-likeness (QED) is 0.206. The lowest BCUT2D eigenvalue weighted by molar-refractivity contribution is -0.153. The zero-order chi connectivity index (χ0) is 27.7. The number of ether oxygens (including phenoxy) is 3. The van der Waals surface area contributed by atoms with Gasteiger partial charge in [-0.05, 0) is 96.3 Å². The van der Waals surface area contributed by atoms with E-state index >= 15 is 0 Å². The van der Waals surface area contributed by atoms with Crippen molar-refractivity contribution in [3.05, 3.63) is 59.1 Å². The van der Waals surface area contributed by atoms with Crippen LogP contribution in [0.5, 0.6) is 5.75 Å². The van der Waals surface area contributed by atoms with Crippen molar-refractivity contribution < 1.29 is 19.0 Å². The predicted octanol–water partition coefficient (Wildman–Crippen LogP) is 5.98. The van der Waals surface area contributed by atoms with Gasteiger partial charge in [0.05, 0.1) is 29.5 Å². The highest BCUT2D eigenvalue weighted by atomic mass is 32.1. The van der Waals surface area contributed by atoms with E-state index in [-0.39, 0.29) is 24.7 Å². The molecule has 39 heavy (non-hydrogen) atoms. The van der Waals surface area contributed by atoms with E-state index in [2.05, 4.69) is 47.6 Å². The molecule has 1 unspecified atom stereocenters. The Balaban J connectivity index is 1.29. The summed E-state index contributed by atoms with van der Waals surface area (Å²) in [5.74, 6) is 0.642. The predicted molar refractivity (Wildman–Crippen MR) is 158 cm³/mol. The number of piperidine rings is 1. The third-order valence-corrected chi connectivity index (χ3v) is 7.73. The molecule has 1 fully saturated rings. The van der Waals surface area contributed by atoms with Crippen molar-refractivity contribution in [3.63, 3.8) is 0 Å². The topological polar surface area (TPSA) is 72.9 Å². The summed E-state index contributed by atoms with van der Waals surface area (Å²) in [7, 11) is 2.17. The van der Waals surface area contributed by atoms with Gasteiger partial charge in [0.15, 0.2) is 0 Å². The van der Waals surface area contributed by atoms with E-state index in [1.807, 2.05) is 39.0 Å². The molecule has 7 nitrogen and oxygen atoms in total. The fraction of sp³-hybridized carbons (Fsp3) is 0.548. The Kier molecular flexibility index (Phi) is 10.7. The monoisotopic (exact) mass is 553 g/mol. The summed E-state index contributed by atoms with van der Waals surface area (Å²) in [6, 6.07) is 16.6. The second-order valence-corrected chi connectivity index (χ2v) is 12.3. The van der Waals surface area contributed by atoms with E-state index in [1.54, 1.807) is 11.3 Å². The fourth-order valence-electron chi connectivity index (χ4n) is 4.65. The van der Waals surface area contributed by atoms with Gasteiger partial charge in [-0.1, -0.05) is 24.3 Å². The van der Waals surface area contributed by atoms with Crippen LogP contribution in [0.25, 0.3) is 10.2 Å². The maximum Gasteiger partial charge on any atom is 0.320 e. The zero-order valence-electron chi connectivity index (χ0n) is 23.8. The van der Waals surface area contributed by atoms with Gasteiger partial charge in [0, 0.05) is 13.1 Å². The molecule has 0 amide bonds. The molecule has 0 radical (unpaired) electrons. The van der Waals surface area contributed by atoms with Crippen molar-refractivity contribution in [2.75, 3.05) is 39.8 Å². The van der Waals surface area contributed by atoms with Crippen LogP contribution in [0.3, 0.4) is 0 Å². The first-order valence-corrected chi connectivity index (χ1v) is 14.9. The number of carbonyl (C=O) groups excluding carboxylic acids is 1. The summed E-state index contributed by atoms with van der Waals surface area (Å²) < 4.78 is 19.4. The molecule has 0 saturated carbocycles. The number of nitrogens with one attached hydrogen (secondary N) is 1. The van der Waals surface area contributed by atoms with Gasteiger partial charge in [-0.2, -0.15) is 0 Å². The van der Waals surface area contributed by atoms with Gasteiger partial charge in [-0.15, -0.1) is 11.3 Å². The highest BCUT2D eigenvalue weighted by molar-refractivity contribution is 7.18. The van der Waals surface area contributed by atoms with Crippen molar-refractivity contribution in [2.45, 2.75) is 70.7 Å². The van der Waals surface area contributed by atoms with Crippen LogP contribution in [-0.4, -0.2) is 67.4 Å². The van der Waals surface area contributed by atoms with Gasteiger partial charge in [0.25, 0.3) is 0 Å². The number of hydrogen-bond acceptors (Lipinski definition) is 8. The molecule has 8 heteroatoms. The van der Waals surface area contributed by atoms with Crippen molar-refractivity contribution in [1.29, 1.82) is 0 Å². The largest absolute Gasteiger partial charge is 0.494 e. The van der Waals surface area contributed by atoms with Gasteiger partial charge < -0.3 is 24.4 Å². The third kappa shape index (κ3) is 9.57. The Hall–Kier alpha value is -2.52. The number of fused-ring (bicyclic) bond motifs is 1. The van der Waals surface area contributed by atoms with Gasteiger partial charge in [0.1, 0.15) is 22.5 Å². The van der Waals surface area contributed by atoms with Crippen LogP contribution in [0, 0.1) is 0 Å². The Morgan fingerprint density at radius 3 is 2.67 bits per heavy atom. The smallest absolute Gasteiger partial charge is 0.320 e. The minimum atomic E-state index is -0.444. The van der Waals surface area contributed by atoms with Crippen LogP contribution in [-0.2, 0) is 14.3 Å². The minimum Gasteiger partial charge on any atom is -0.494 e. The van der Waals surface area contributed by atoms with Crippen LogP contribution in [0.4, 0.5) is 0 Å². The number of unbranched alkanes of at least 4 members (excludes halogenated alkanes) is 2. The lowest BCUT2D eigenvalue weighted by Gasteiger charge is -2.31. The summed E-state index contributed by atoms with van der Waals surface area (Å²) in [5.41, 5.74) is 1.65. The molecule has 1 saturated heterocycles. The molecule has 1 aliphatic heterocycles. The number of likely N-dealkylation sites (tertiary alicyclic amines) is 1. The van der Waals surface area contributed by atoms with E-state index in [4.69, 9.17) is 19.2 Å². The summed E-state index contributed by atoms with van der Waals surface area (Å²) in [6.45, 7) is 9.42. The second-order valence-electron chi connectivity index (χ2n) is 11.3. The maximum atomic E-state index is 11.8. The average Bonchev–Trinajstić information content (AvgIpc) is 3.33. The first-order chi connectivity index (χ1) is 18.8. The standard InChI is InChI=1S/C31H43N3O4S/c1-31(2,3)38-28(35)22-32-17-8-5-9-20-36-25-12-10-11-23(21-25)29(37-24-15-18-34(4)19-16-24)30-33-26-13-6-7-14-27(26)39-30/h6-7,10-14,21,24,29,32H,5,8-9,15-20,22H2,1-4H3. The minimum absolute atomic E-state index is 0.213. The lowest BCUT2D eigenvalue weighted by atomic mass is 10.1. The molecule has 4 rings (SSSR count). The molecule has 2 aromatic carbocycles. The Labute approximate surface area is 236 Å². The summed E-state index contributed by atoms with van der Waals surface area (Å²) in [5, 5.41) is 4.15. The van der Waals surface area contributed by atoms with Crippen LogP contribution in [0.2, 0.25) is 0 Å². The molecule has 3 aromatic rings. The molecule has 1 N–H and O–H groups in total. The highest BCUT2D eigenvalue weighted by Crippen LogP contribution is 2.36. The van der Waals surface area contributed by atoms with Crippen molar-refractivity contribution >= 4 is 27.5 Å². The van der Waals surface area contributed by atoms with Crippen LogP contribution >= 0.6 is 11.3 Å². The van der Waals surface area contributed by atoms with E-state index < -0.39 is 5.60 Å². The van der Waals surface area contributed by atoms with Gasteiger partial charge in [-0.3, -0.25) is 4.79 Å². The summed E-state index contributed by atoms with van der Waals surface area (Å²) in [6.07, 6.45) is 5.01. The van der Waals surface area contributed by atoms with E-state index in [1.165, 1.54) is 4.70 Å². The summed E-state index contributed by atoms with van der Waals surface area (Å²) >= 11 is 1.71. The molecule has 2 heterocycles. The maximum absolute atomic E-state index is 11.8. The van der Waals surface area contributed by atoms with Crippen molar-refractivity contribution in [3.8, 4) is 5.75 Å². The first kappa shape index (κ1) is 29.5. The molecule has 212 valence electrons. The molecule has 0 aliphatic carbocycles. The Morgan fingerprint density at radius 2 is 1.90 bits per heavy atom. The van der Waals surface area contributed by atoms with Crippen molar-refractivity contribution in [1.82, 2.24) is 15.2 Å². The number of nitrogens with zero attached hydrogens (tertiary/aromatic N) is 2. The highest BCUT2D eigenvalue weighted by Gasteiger charge is 2.26. The van der Waals surface area contributed by atoms with Gasteiger partial charge in [-0.25, -0.2) is 4.98 Å². The molecule has 0 spiro atoms. The zero-order valence-corrected chi connectivity index (χ0v) is 24.6. The second kappa shape index (κ2) is 14.2. The van der Waals surface area contributed by atoms with Crippen LogP contribution in [0.1, 0.15) is 69.6 Å². The lowest BCUT2D eigenvalue weighted by Crippen LogP contribution is -2.35. The molecule has 1 aromatic heterocycles. The van der Waals surface area contributed by atoms with Crippen LogP contribution < -0.4 is 10.1 Å². The molecule has 0 bridgehead atoms. The molecule has 1 atom stereocenters. The SMILES string of the molecule is CN1CCC(OC(c2cccc(OCCCCCNCC(=O)OC(C)(C)C)c2)c2nc3ccccc3s2)CC1. The molecular weight excluding hydrogens is 510 g/mol. The first-order valence-electron chi connectivity index (χ1n) is 14.1. The van der Waals surface area contributed by atoms with Crippen molar-refractivity contribution in [2.24, 2.45) is 0 Å². The van der Waals surface area contributed by atoms with E-state index in [9.17, 15) is 4.79 Å². The number of carbonyl (C=O) groups is 1. The van der Waals surface area contributed by atoms with Gasteiger partial charge >= 0.3 is 5.97 Å². The van der Waals surface area contributed by atoms with E-state index in [0.29, 0.717) is 6.61 Å². The summed E-state index contributed by atoms with van der Waals surface area (Å²) in [4.78, 5) is 19.1. The Morgan fingerprint density at radius 1 is 1.10 bits per heavy atom. The number of aromatic nitrogens is 1. The van der Waals surface area contributed by atoms with Crippen LogP contribution in [0.15, 0.2) is 48.5 Å². The number of thiazole rings is 1. The fourth-order valence-corrected chi connectivity index (χ4v) is 5.68. The number of esters is 1. The number of benzene rings is 2. The number of rotatable bonds is 13.